The lowest BCUT2D eigenvalue weighted by Crippen LogP contribution is -2.20. The van der Waals surface area contributed by atoms with E-state index < -0.39 is 0 Å². The van der Waals surface area contributed by atoms with Crippen LogP contribution in [0.25, 0.3) is 0 Å². The average molecular weight is 299 g/mol. The van der Waals surface area contributed by atoms with Crippen molar-refractivity contribution in [3.63, 3.8) is 0 Å². The van der Waals surface area contributed by atoms with E-state index in [1.165, 1.54) is 0 Å². The maximum absolute atomic E-state index is 6.28. The molecule has 0 saturated carbocycles. The Morgan fingerprint density at radius 1 is 1.18 bits per heavy atom. The van der Waals surface area contributed by atoms with E-state index in [1.807, 2.05) is 18.2 Å². The Morgan fingerprint density at radius 3 is 2.55 bits per heavy atom. The summed E-state index contributed by atoms with van der Waals surface area (Å²) in [5, 5.41) is 3.31. The predicted molar refractivity (Wildman–Crippen MR) is 93.5 cm³/mol. The number of hydrogen-bond donors (Lipinski definition) is 2. The van der Waals surface area contributed by atoms with Crippen LogP contribution < -0.4 is 16.0 Å². The first-order valence-corrected chi connectivity index (χ1v) is 7.80. The zero-order valence-electron chi connectivity index (χ0n) is 13.6. The Morgan fingerprint density at radius 2 is 1.91 bits per heavy atom. The van der Waals surface area contributed by atoms with Gasteiger partial charge < -0.3 is 16.0 Å². The Kier molecular flexibility index (Phi) is 5.58. The molecule has 0 saturated heterocycles. The van der Waals surface area contributed by atoms with Crippen LogP contribution in [-0.2, 0) is 0 Å². The van der Waals surface area contributed by atoms with Crippen LogP contribution in [-0.4, -0.2) is 23.1 Å². The van der Waals surface area contributed by atoms with E-state index in [2.05, 4.69) is 53.1 Å². The van der Waals surface area contributed by atoms with Crippen molar-refractivity contribution in [3.05, 3.63) is 36.7 Å². The first-order valence-electron chi connectivity index (χ1n) is 7.80. The van der Waals surface area contributed by atoms with Gasteiger partial charge in [0.05, 0.1) is 0 Å². The minimum Gasteiger partial charge on any atom is -0.393 e. The molecule has 5 heteroatoms. The van der Waals surface area contributed by atoms with Gasteiger partial charge in [-0.25, -0.2) is 9.97 Å². The van der Waals surface area contributed by atoms with E-state index in [0.29, 0.717) is 17.4 Å². The van der Waals surface area contributed by atoms with Gasteiger partial charge in [-0.3, -0.25) is 0 Å². The van der Waals surface area contributed by atoms with Gasteiger partial charge in [0, 0.05) is 18.8 Å². The second-order valence-corrected chi connectivity index (χ2v) is 5.65. The number of anilines is 4. The third-order valence-corrected chi connectivity index (χ3v) is 3.52. The summed E-state index contributed by atoms with van der Waals surface area (Å²) >= 11 is 0. The number of nitrogens with one attached hydrogen (secondary N) is 1. The smallest absolute Gasteiger partial charge is 0.161 e. The maximum Gasteiger partial charge on any atom is 0.161 e. The van der Waals surface area contributed by atoms with Crippen LogP contribution in [0.3, 0.4) is 0 Å². The third-order valence-electron chi connectivity index (χ3n) is 3.52. The minimum absolute atomic E-state index is 0.594. The first-order chi connectivity index (χ1) is 10.6. The molecule has 0 unspecified atom stereocenters. The summed E-state index contributed by atoms with van der Waals surface area (Å²) < 4.78 is 0. The quantitative estimate of drug-likeness (QED) is 0.816. The lowest BCUT2D eigenvalue weighted by Gasteiger charge is -2.24. The van der Waals surface area contributed by atoms with Crippen molar-refractivity contribution < 1.29 is 0 Å². The van der Waals surface area contributed by atoms with E-state index in [4.69, 9.17) is 5.73 Å². The van der Waals surface area contributed by atoms with Crippen LogP contribution in [0.4, 0.5) is 23.0 Å². The van der Waals surface area contributed by atoms with Crippen LogP contribution in [0.1, 0.15) is 27.2 Å². The zero-order chi connectivity index (χ0) is 15.9. The molecule has 2 aromatic rings. The number of aromatic nitrogens is 2. The summed E-state index contributed by atoms with van der Waals surface area (Å²) in [6.07, 6.45) is 2.64. The maximum atomic E-state index is 6.28. The van der Waals surface area contributed by atoms with Crippen molar-refractivity contribution in [3.8, 4) is 0 Å². The fourth-order valence-electron chi connectivity index (χ4n) is 2.28. The van der Waals surface area contributed by atoms with E-state index in [0.717, 1.165) is 31.0 Å². The Balaban J connectivity index is 2.23. The monoisotopic (exact) mass is 299 g/mol. The summed E-state index contributed by atoms with van der Waals surface area (Å²) in [5.74, 6) is 2.10. The van der Waals surface area contributed by atoms with Gasteiger partial charge >= 0.3 is 0 Å². The molecule has 0 aliphatic carbocycles. The Hall–Kier alpha value is -2.30. The molecule has 22 heavy (non-hydrogen) atoms. The van der Waals surface area contributed by atoms with Crippen molar-refractivity contribution >= 4 is 23.0 Å². The molecule has 2 rings (SSSR count). The van der Waals surface area contributed by atoms with Gasteiger partial charge in [-0.1, -0.05) is 32.0 Å². The molecule has 3 N–H and O–H groups in total. The minimum atomic E-state index is 0.594. The molecule has 5 nitrogen and oxygen atoms in total. The molecule has 0 aliphatic rings. The molecule has 0 spiro atoms. The topological polar surface area (TPSA) is 67.1 Å². The number of nitrogens with two attached hydrogens (primary N) is 1. The lowest BCUT2D eigenvalue weighted by molar-refractivity contribution is 0.606. The summed E-state index contributed by atoms with van der Waals surface area (Å²) in [6.45, 7) is 8.13. The highest BCUT2D eigenvalue weighted by molar-refractivity contribution is 5.79. The van der Waals surface area contributed by atoms with Crippen molar-refractivity contribution in [1.82, 2.24) is 9.97 Å². The standard InChI is InChI=1S/C17H25N5/c1-4-22(14-8-6-5-7-9-14)17-15(18)16(20-12-21-17)19-11-10-13(2)3/h5-9,12-13H,4,10-11,18H2,1-3H3,(H,19,20,21). The summed E-state index contributed by atoms with van der Waals surface area (Å²) in [7, 11) is 0. The molecule has 118 valence electrons. The molecule has 1 heterocycles. The number of rotatable bonds is 7. The van der Waals surface area contributed by atoms with Crippen molar-refractivity contribution in [1.29, 1.82) is 0 Å². The molecule has 0 atom stereocenters. The molecule has 0 amide bonds. The first kappa shape index (κ1) is 16.1. The van der Waals surface area contributed by atoms with Gasteiger partial charge in [0.25, 0.3) is 0 Å². The van der Waals surface area contributed by atoms with Crippen LogP contribution >= 0.6 is 0 Å². The molecule has 0 aliphatic heterocycles. The molecular formula is C17H25N5. The molecule has 0 bridgehead atoms. The van der Waals surface area contributed by atoms with E-state index in [-0.39, 0.29) is 0 Å². The van der Waals surface area contributed by atoms with Gasteiger partial charge in [-0.15, -0.1) is 0 Å². The average Bonchev–Trinajstić information content (AvgIpc) is 2.52. The van der Waals surface area contributed by atoms with Crippen molar-refractivity contribution in [2.24, 2.45) is 5.92 Å². The largest absolute Gasteiger partial charge is 0.393 e. The number of hydrogen-bond acceptors (Lipinski definition) is 5. The molecule has 0 fully saturated rings. The fraction of sp³-hybridized carbons (Fsp3) is 0.412. The predicted octanol–water partition coefficient (Wildman–Crippen LogP) is 3.67. The summed E-state index contributed by atoms with van der Waals surface area (Å²) in [5.41, 5.74) is 7.95. The normalized spacial score (nSPS) is 10.7. The molecular weight excluding hydrogens is 274 g/mol. The van der Waals surface area contributed by atoms with Crippen LogP contribution in [0, 0.1) is 5.92 Å². The summed E-state index contributed by atoms with van der Waals surface area (Å²) in [6, 6.07) is 10.1. The van der Waals surface area contributed by atoms with E-state index >= 15 is 0 Å². The number of nitrogens with zero attached hydrogens (tertiary/aromatic N) is 3. The van der Waals surface area contributed by atoms with Gasteiger partial charge in [-0.2, -0.15) is 0 Å². The van der Waals surface area contributed by atoms with Gasteiger partial charge in [0.2, 0.25) is 0 Å². The van der Waals surface area contributed by atoms with Gasteiger partial charge in [0.15, 0.2) is 11.6 Å². The Bertz CT molecular complexity index is 583. The molecule has 0 radical (unpaired) electrons. The van der Waals surface area contributed by atoms with Crippen LogP contribution in [0.5, 0.6) is 0 Å². The number of benzene rings is 1. The Labute approximate surface area is 132 Å². The number of nitrogen functional groups attached to an aromatic ring is 1. The van der Waals surface area contributed by atoms with Crippen LogP contribution in [0.2, 0.25) is 0 Å². The zero-order valence-corrected chi connectivity index (χ0v) is 13.6. The SMILES string of the molecule is CCN(c1ccccc1)c1ncnc(NCCC(C)C)c1N. The third kappa shape index (κ3) is 3.87. The lowest BCUT2D eigenvalue weighted by atomic mass is 10.1. The molecule has 1 aromatic carbocycles. The van der Waals surface area contributed by atoms with Crippen molar-refractivity contribution in [2.45, 2.75) is 27.2 Å². The summed E-state index contributed by atoms with van der Waals surface area (Å²) in [4.78, 5) is 10.7. The highest BCUT2D eigenvalue weighted by Crippen LogP contribution is 2.31. The van der Waals surface area contributed by atoms with Crippen molar-refractivity contribution in [2.75, 3.05) is 29.0 Å². The highest BCUT2D eigenvalue weighted by Gasteiger charge is 2.15. The second kappa shape index (κ2) is 7.64. The second-order valence-electron chi connectivity index (χ2n) is 5.65. The van der Waals surface area contributed by atoms with Crippen LogP contribution in [0.15, 0.2) is 36.7 Å². The van der Waals surface area contributed by atoms with Gasteiger partial charge in [-0.05, 0) is 31.4 Å². The highest BCUT2D eigenvalue weighted by atomic mass is 15.2. The van der Waals surface area contributed by atoms with E-state index in [1.54, 1.807) is 6.33 Å². The van der Waals surface area contributed by atoms with Gasteiger partial charge in [0.1, 0.15) is 12.0 Å². The molecule has 1 aromatic heterocycles. The fourth-order valence-corrected chi connectivity index (χ4v) is 2.28. The number of para-hydroxylation sites is 1. The van der Waals surface area contributed by atoms with E-state index in [9.17, 15) is 0 Å².